The molecule has 1 atom stereocenters. The van der Waals surface area contributed by atoms with Crippen molar-refractivity contribution in [2.45, 2.75) is 20.0 Å². The second-order valence-electron chi connectivity index (χ2n) is 5.84. The molecule has 0 saturated heterocycles. The summed E-state index contributed by atoms with van der Waals surface area (Å²) in [5, 5.41) is 3.23. The Bertz CT molecular complexity index is 763. The first-order valence-electron chi connectivity index (χ1n) is 8.49. The molecule has 2 aromatic rings. The van der Waals surface area contributed by atoms with Gasteiger partial charge in [0.25, 0.3) is 5.91 Å². The zero-order valence-corrected chi connectivity index (χ0v) is 16.0. The average Bonchev–Trinajstić information content (AvgIpc) is 2.64. The molecular formula is C20H22ClNO5. The fraction of sp³-hybridized carbons (Fsp3) is 0.300. The number of carbonyl (C=O) groups is 2. The minimum absolute atomic E-state index is 0.286. The van der Waals surface area contributed by atoms with Crippen LogP contribution in [0.4, 0.5) is 0 Å². The van der Waals surface area contributed by atoms with E-state index in [1.54, 1.807) is 37.3 Å². The third-order valence-electron chi connectivity index (χ3n) is 3.49. The zero-order chi connectivity index (χ0) is 19.6. The van der Waals surface area contributed by atoms with E-state index in [-0.39, 0.29) is 19.8 Å². The summed E-state index contributed by atoms with van der Waals surface area (Å²) >= 11 is 5.79. The van der Waals surface area contributed by atoms with Gasteiger partial charge in [0.2, 0.25) is 0 Å². The van der Waals surface area contributed by atoms with Crippen LogP contribution in [0.3, 0.4) is 0 Å². The first-order valence-corrected chi connectivity index (χ1v) is 8.87. The van der Waals surface area contributed by atoms with Gasteiger partial charge < -0.3 is 19.5 Å². The summed E-state index contributed by atoms with van der Waals surface area (Å²) in [6.45, 7) is 3.70. The molecule has 7 heteroatoms. The van der Waals surface area contributed by atoms with Gasteiger partial charge in [-0.25, -0.2) is 4.79 Å². The number of rotatable bonds is 9. The third-order valence-corrected chi connectivity index (χ3v) is 3.74. The Morgan fingerprint density at radius 3 is 2.56 bits per heavy atom. The maximum Gasteiger partial charge on any atom is 0.347 e. The van der Waals surface area contributed by atoms with Gasteiger partial charge in [0.1, 0.15) is 18.1 Å². The first-order chi connectivity index (χ1) is 12.9. The van der Waals surface area contributed by atoms with Crippen molar-refractivity contribution in [3.05, 3.63) is 59.1 Å². The normalized spacial score (nSPS) is 11.4. The van der Waals surface area contributed by atoms with Crippen molar-refractivity contribution < 1.29 is 23.8 Å². The van der Waals surface area contributed by atoms with Crippen LogP contribution in [-0.2, 0) is 14.3 Å². The Labute approximate surface area is 163 Å². The van der Waals surface area contributed by atoms with E-state index in [4.69, 9.17) is 25.8 Å². The zero-order valence-electron chi connectivity index (χ0n) is 15.2. The van der Waals surface area contributed by atoms with Crippen molar-refractivity contribution in [2.75, 3.05) is 19.8 Å². The molecule has 0 aliphatic carbocycles. The molecule has 1 N–H and O–H groups in total. The maximum atomic E-state index is 11.9. The number of aryl methyl sites for hydroxylation is 1. The van der Waals surface area contributed by atoms with Gasteiger partial charge in [0.05, 0.1) is 6.54 Å². The van der Waals surface area contributed by atoms with Crippen molar-refractivity contribution in [3.63, 3.8) is 0 Å². The Hall–Kier alpha value is -2.73. The van der Waals surface area contributed by atoms with Gasteiger partial charge in [-0.05, 0) is 55.8 Å². The summed E-state index contributed by atoms with van der Waals surface area (Å²) in [4.78, 5) is 23.6. The SMILES string of the molecule is Cc1cccc(O[C@@H](C)C(=O)OCC(=O)NCCOc2ccc(Cl)cc2)c1. The highest BCUT2D eigenvalue weighted by Crippen LogP contribution is 2.15. The van der Waals surface area contributed by atoms with Gasteiger partial charge in [-0.1, -0.05) is 23.7 Å². The molecular weight excluding hydrogens is 370 g/mol. The molecule has 27 heavy (non-hydrogen) atoms. The van der Waals surface area contributed by atoms with Crippen LogP contribution in [0.25, 0.3) is 0 Å². The average molecular weight is 392 g/mol. The summed E-state index contributed by atoms with van der Waals surface area (Å²) in [6, 6.07) is 14.2. The van der Waals surface area contributed by atoms with E-state index in [9.17, 15) is 9.59 Å². The van der Waals surface area contributed by atoms with Crippen LogP contribution in [0.1, 0.15) is 12.5 Å². The summed E-state index contributed by atoms with van der Waals surface area (Å²) in [5.41, 5.74) is 1.02. The molecule has 0 unspecified atom stereocenters. The standard InChI is InChI=1S/C20H22ClNO5/c1-14-4-3-5-18(12-14)27-15(2)20(24)26-13-19(23)22-10-11-25-17-8-6-16(21)7-9-17/h3-9,12,15H,10-11,13H2,1-2H3,(H,22,23)/t15-/m0/s1. The second-order valence-corrected chi connectivity index (χ2v) is 6.27. The largest absolute Gasteiger partial charge is 0.492 e. The summed E-state index contributed by atoms with van der Waals surface area (Å²) in [6.07, 6.45) is -0.812. The number of hydrogen-bond donors (Lipinski definition) is 1. The van der Waals surface area contributed by atoms with Crippen molar-refractivity contribution in [1.29, 1.82) is 0 Å². The number of nitrogens with one attached hydrogen (secondary N) is 1. The lowest BCUT2D eigenvalue weighted by molar-refractivity contribution is -0.154. The molecule has 2 aromatic carbocycles. The topological polar surface area (TPSA) is 73.9 Å². The molecule has 144 valence electrons. The smallest absolute Gasteiger partial charge is 0.347 e. The van der Waals surface area contributed by atoms with E-state index in [0.717, 1.165) is 5.56 Å². The minimum Gasteiger partial charge on any atom is -0.492 e. The van der Waals surface area contributed by atoms with E-state index in [0.29, 0.717) is 16.5 Å². The number of ether oxygens (including phenoxy) is 3. The van der Waals surface area contributed by atoms with Crippen molar-refractivity contribution in [1.82, 2.24) is 5.32 Å². The molecule has 0 spiro atoms. The fourth-order valence-corrected chi connectivity index (χ4v) is 2.26. The molecule has 0 fully saturated rings. The van der Waals surface area contributed by atoms with Crippen LogP contribution in [0.5, 0.6) is 11.5 Å². The summed E-state index contributed by atoms with van der Waals surface area (Å²) < 4.78 is 15.9. The molecule has 6 nitrogen and oxygen atoms in total. The number of halogens is 1. The predicted molar refractivity (Wildman–Crippen MR) is 102 cm³/mol. The minimum atomic E-state index is -0.812. The highest BCUT2D eigenvalue weighted by atomic mass is 35.5. The molecule has 0 radical (unpaired) electrons. The van der Waals surface area contributed by atoms with Crippen molar-refractivity contribution in [3.8, 4) is 11.5 Å². The van der Waals surface area contributed by atoms with Crippen LogP contribution < -0.4 is 14.8 Å². The van der Waals surface area contributed by atoms with Crippen molar-refractivity contribution >= 4 is 23.5 Å². The van der Waals surface area contributed by atoms with Crippen LogP contribution in [0, 0.1) is 6.92 Å². The lowest BCUT2D eigenvalue weighted by atomic mass is 10.2. The van der Waals surface area contributed by atoms with Gasteiger partial charge in [-0.3, -0.25) is 4.79 Å². The summed E-state index contributed by atoms with van der Waals surface area (Å²) in [5.74, 6) is 0.209. The third kappa shape index (κ3) is 7.58. The fourth-order valence-electron chi connectivity index (χ4n) is 2.14. The van der Waals surface area contributed by atoms with Crippen molar-refractivity contribution in [2.24, 2.45) is 0 Å². The lowest BCUT2D eigenvalue weighted by Crippen LogP contribution is -2.34. The summed E-state index contributed by atoms with van der Waals surface area (Å²) in [7, 11) is 0. The Morgan fingerprint density at radius 2 is 1.85 bits per heavy atom. The van der Waals surface area contributed by atoms with E-state index < -0.39 is 18.0 Å². The number of benzene rings is 2. The molecule has 1 amide bonds. The maximum absolute atomic E-state index is 11.9. The van der Waals surface area contributed by atoms with Crippen LogP contribution in [0.15, 0.2) is 48.5 Å². The van der Waals surface area contributed by atoms with Gasteiger partial charge in [0, 0.05) is 5.02 Å². The monoisotopic (exact) mass is 391 g/mol. The van der Waals surface area contributed by atoms with E-state index in [1.165, 1.54) is 0 Å². The van der Waals surface area contributed by atoms with Crippen LogP contribution in [0.2, 0.25) is 5.02 Å². The Morgan fingerprint density at radius 1 is 1.11 bits per heavy atom. The highest BCUT2D eigenvalue weighted by Gasteiger charge is 2.17. The van der Waals surface area contributed by atoms with E-state index in [2.05, 4.69) is 5.32 Å². The molecule has 0 heterocycles. The quantitative estimate of drug-likeness (QED) is 0.525. The van der Waals surface area contributed by atoms with Gasteiger partial charge in [0.15, 0.2) is 12.7 Å². The number of amides is 1. The lowest BCUT2D eigenvalue weighted by Gasteiger charge is -2.14. The van der Waals surface area contributed by atoms with E-state index in [1.807, 2.05) is 25.1 Å². The first kappa shape index (κ1) is 20.6. The molecule has 0 aliphatic heterocycles. The molecule has 0 aromatic heterocycles. The number of hydrogen-bond acceptors (Lipinski definition) is 5. The second kappa shape index (κ2) is 10.4. The number of esters is 1. The Balaban J connectivity index is 1.62. The number of carbonyl (C=O) groups excluding carboxylic acids is 2. The molecule has 0 saturated carbocycles. The van der Waals surface area contributed by atoms with Crippen LogP contribution >= 0.6 is 11.6 Å². The molecule has 0 aliphatic rings. The van der Waals surface area contributed by atoms with Gasteiger partial charge in [-0.15, -0.1) is 0 Å². The van der Waals surface area contributed by atoms with E-state index >= 15 is 0 Å². The predicted octanol–water partition coefficient (Wildman–Crippen LogP) is 3.15. The van der Waals surface area contributed by atoms with Gasteiger partial charge in [-0.2, -0.15) is 0 Å². The highest BCUT2D eigenvalue weighted by molar-refractivity contribution is 6.30. The Kier molecular flexibility index (Phi) is 7.95. The molecule has 2 rings (SSSR count). The van der Waals surface area contributed by atoms with Crippen LogP contribution in [-0.4, -0.2) is 37.7 Å². The van der Waals surface area contributed by atoms with Gasteiger partial charge >= 0.3 is 5.97 Å². The molecule has 0 bridgehead atoms.